The summed E-state index contributed by atoms with van der Waals surface area (Å²) in [4.78, 5) is 23.1. The number of fused-ring (bicyclic) bond motifs is 1. The fraction of sp³-hybridized carbons (Fsp3) is 0.533. The fourth-order valence-electron chi connectivity index (χ4n) is 2.85. The number of hydrogen-bond acceptors (Lipinski definition) is 3. The van der Waals surface area contributed by atoms with Crippen LogP contribution >= 0.6 is 11.6 Å². The van der Waals surface area contributed by atoms with Gasteiger partial charge in [0.05, 0.1) is 5.88 Å². The number of pyridine rings is 1. The van der Waals surface area contributed by atoms with E-state index in [-0.39, 0.29) is 5.91 Å². The van der Waals surface area contributed by atoms with Gasteiger partial charge in [0.15, 0.2) is 5.65 Å². The van der Waals surface area contributed by atoms with Crippen molar-refractivity contribution >= 4 is 28.7 Å². The van der Waals surface area contributed by atoms with E-state index in [9.17, 15) is 4.79 Å². The highest BCUT2D eigenvalue weighted by Crippen LogP contribution is 2.17. The molecular formula is C15H19ClN4O. The van der Waals surface area contributed by atoms with E-state index < -0.39 is 0 Å². The second-order valence-corrected chi connectivity index (χ2v) is 5.62. The fourth-order valence-corrected chi connectivity index (χ4v) is 3.06. The van der Waals surface area contributed by atoms with Gasteiger partial charge in [-0.2, -0.15) is 0 Å². The summed E-state index contributed by atoms with van der Waals surface area (Å²) in [5.74, 6) is 1.32. The molecule has 5 nitrogen and oxygen atoms in total. The second-order valence-electron chi connectivity index (χ2n) is 5.35. The Kier molecular flexibility index (Phi) is 4.39. The third-order valence-electron chi connectivity index (χ3n) is 3.96. The van der Waals surface area contributed by atoms with Gasteiger partial charge in [0, 0.05) is 32.3 Å². The number of carbonyl (C=O) groups is 1. The summed E-state index contributed by atoms with van der Waals surface area (Å²) < 4.78 is 1.96. The highest BCUT2D eigenvalue weighted by molar-refractivity contribution is 6.16. The first-order valence-electron chi connectivity index (χ1n) is 7.43. The Hall–Kier alpha value is -1.62. The lowest BCUT2D eigenvalue weighted by atomic mass is 10.1. The number of rotatable bonds is 4. The molecule has 0 saturated carbocycles. The number of halogens is 1. The van der Waals surface area contributed by atoms with Gasteiger partial charge in [-0.1, -0.05) is 0 Å². The standard InChI is InChI=1S/C15H19ClN4O/c16-11-13-18-12-5-4-7-17-15(12)20(13)10-6-14(21)19-8-2-1-3-9-19/h4-5,7H,1-3,6,8-11H2. The van der Waals surface area contributed by atoms with Crippen LogP contribution in [0, 0.1) is 0 Å². The zero-order valence-corrected chi connectivity index (χ0v) is 12.7. The molecule has 3 rings (SSSR count). The molecule has 1 aliphatic rings. The largest absolute Gasteiger partial charge is 0.343 e. The molecule has 0 bridgehead atoms. The quantitative estimate of drug-likeness (QED) is 0.816. The van der Waals surface area contributed by atoms with E-state index in [1.54, 1.807) is 6.20 Å². The second kappa shape index (κ2) is 6.43. The van der Waals surface area contributed by atoms with E-state index in [1.165, 1.54) is 6.42 Å². The van der Waals surface area contributed by atoms with Crippen molar-refractivity contribution in [2.75, 3.05) is 13.1 Å². The zero-order chi connectivity index (χ0) is 14.7. The number of hydrogen-bond donors (Lipinski definition) is 0. The van der Waals surface area contributed by atoms with Gasteiger partial charge in [0.2, 0.25) is 5.91 Å². The molecule has 6 heteroatoms. The average Bonchev–Trinajstić information content (AvgIpc) is 2.91. The molecule has 2 aromatic rings. The van der Waals surface area contributed by atoms with Crippen molar-refractivity contribution in [1.29, 1.82) is 0 Å². The molecule has 0 radical (unpaired) electrons. The summed E-state index contributed by atoms with van der Waals surface area (Å²) in [6, 6.07) is 3.78. The summed E-state index contributed by atoms with van der Waals surface area (Å²) >= 11 is 5.96. The first kappa shape index (κ1) is 14.3. The normalized spacial score (nSPS) is 15.6. The topological polar surface area (TPSA) is 51.0 Å². The van der Waals surface area contributed by atoms with Crippen LogP contribution in [0.2, 0.25) is 0 Å². The molecule has 1 saturated heterocycles. The van der Waals surface area contributed by atoms with Gasteiger partial charge in [-0.3, -0.25) is 4.79 Å². The maximum absolute atomic E-state index is 12.3. The Morgan fingerprint density at radius 2 is 2.10 bits per heavy atom. The number of amides is 1. The Labute approximate surface area is 128 Å². The van der Waals surface area contributed by atoms with Gasteiger partial charge in [-0.25, -0.2) is 9.97 Å². The first-order chi connectivity index (χ1) is 10.3. The minimum atomic E-state index is 0.216. The number of aromatic nitrogens is 3. The Bertz CT molecular complexity index is 634. The van der Waals surface area contributed by atoms with Crippen LogP contribution in [-0.2, 0) is 17.2 Å². The number of nitrogens with zero attached hydrogens (tertiary/aromatic N) is 4. The molecule has 21 heavy (non-hydrogen) atoms. The van der Waals surface area contributed by atoms with Crippen LogP contribution in [0.25, 0.3) is 11.2 Å². The van der Waals surface area contributed by atoms with Gasteiger partial charge in [-0.05, 0) is 31.4 Å². The Morgan fingerprint density at radius 3 is 2.86 bits per heavy atom. The lowest BCUT2D eigenvalue weighted by molar-refractivity contribution is -0.132. The van der Waals surface area contributed by atoms with Crippen molar-refractivity contribution in [2.24, 2.45) is 0 Å². The molecule has 1 amide bonds. The molecule has 0 atom stereocenters. The van der Waals surface area contributed by atoms with Crippen LogP contribution < -0.4 is 0 Å². The molecule has 1 fully saturated rings. The number of imidazole rings is 1. The van der Waals surface area contributed by atoms with E-state index in [2.05, 4.69) is 9.97 Å². The monoisotopic (exact) mass is 306 g/mol. The molecule has 0 aromatic carbocycles. The zero-order valence-electron chi connectivity index (χ0n) is 12.0. The van der Waals surface area contributed by atoms with Crippen molar-refractivity contribution in [2.45, 2.75) is 38.1 Å². The summed E-state index contributed by atoms with van der Waals surface area (Å²) in [6.07, 6.45) is 5.69. The Morgan fingerprint density at radius 1 is 1.29 bits per heavy atom. The van der Waals surface area contributed by atoms with E-state index in [4.69, 9.17) is 11.6 Å². The molecule has 3 heterocycles. The highest BCUT2D eigenvalue weighted by Gasteiger charge is 2.18. The minimum absolute atomic E-state index is 0.216. The molecule has 112 valence electrons. The van der Waals surface area contributed by atoms with Crippen molar-refractivity contribution < 1.29 is 4.79 Å². The third-order valence-corrected chi connectivity index (χ3v) is 4.20. The molecule has 0 unspecified atom stereocenters. The number of carbonyl (C=O) groups excluding carboxylic acids is 1. The average molecular weight is 307 g/mol. The van der Waals surface area contributed by atoms with Gasteiger partial charge in [0.1, 0.15) is 11.3 Å². The summed E-state index contributed by atoms with van der Waals surface area (Å²) in [7, 11) is 0. The SMILES string of the molecule is O=C(CCn1c(CCl)nc2cccnc21)N1CCCCC1. The van der Waals surface area contributed by atoms with Crippen molar-refractivity contribution in [3.8, 4) is 0 Å². The van der Waals surface area contributed by atoms with Crippen LogP contribution in [0.3, 0.4) is 0 Å². The van der Waals surface area contributed by atoms with E-state index in [0.29, 0.717) is 18.8 Å². The number of aryl methyl sites for hydroxylation is 1. The lowest BCUT2D eigenvalue weighted by Crippen LogP contribution is -2.36. The Balaban J connectivity index is 1.73. The molecule has 1 aliphatic heterocycles. The van der Waals surface area contributed by atoms with Crippen LogP contribution in [0.1, 0.15) is 31.5 Å². The van der Waals surface area contributed by atoms with Gasteiger partial charge >= 0.3 is 0 Å². The maximum Gasteiger partial charge on any atom is 0.224 e. The number of alkyl halides is 1. The van der Waals surface area contributed by atoms with Gasteiger partial charge in [-0.15, -0.1) is 11.6 Å². The molecule has 2 aromatic heterocycles. The van der Waals surface area contributed by atoms with Crippen molar-refractivity contribution in [1.82, 2.24) is 19.4 Å². The number of likely N-dealkylation sites (tertiary alicyclic amines) is 1. The molecule has 0 spiro atoms. The third kappa shape index (κ3) is 3.02. The highest BCUT2D eigenvalue weighted by atomic mass is 35.5. The molecule has 0 N–H and O–H groups in total. The van der Waals surface area contributed by atoms with E-state index in [0.717, 1.165) is 42.9 Å². The van der Waals surface area contributed by atoms with Crippen LogP contribution in [0.5, 0.6) is 0 Å². The summed E-state index contributed by atoms with van der Waals surface area (Å²) in [5.41, 5.74) is 1.64. The number of piperidine rings is 1. The van der Waals surface area contributed by atoms with Crippen LogP contribution in [-0.4, -0.2) is 38.4 Å². The maximum atomic E-state index is 12.3. The van der Waals surface area contributed by atoms with Gasteiger partial charge in [0.25, 0.3) is 0 Å². The smallest absolute Gasteiger partial charge is 0.224 e. The summed E-state index contributed by atoms with van der Waals surface area (Å²) in [5, 5.41) is 0. The predicted molar refractivity (Wildman–Crippen MR) is 82.1 cm³/mol. The molecule has 0 aliphatic carbocycles. The van der Waals surface area contributed by atoms with E-state index in [1.807, 2.05) is 21.6 Å². The predicted octanol–water partition coefficient (Wildman–Crippen LogP) is 2.57. The van der Waals surface area contributed by atoms with Crippen LogP contribution in [0.4, 0.5) is 0 Å². The van der Waals surface area contributed by atoms with Crippen LogP contribution in [0.15, 0.2) is 18.3 Å². The summed E-state index contributed by atoms with van der Waals surface area (Å²) in [6.45, 7) is 2.37. The van der Waals surface area contributed by atoms with Gasteiger partial charge < -0.3 is 9.47 Å². The van der Waals surface area contributed by atoms with Crippen molar-refractivity contribution in [3.63, 3.8) is 0 Å². The first-order valence-corrected chi connectivity index (χ1v) is 7.97. The minimum Gasteiger partial charge on any atom is -0.343 e. The molecular weight excluding hydrogens is 288 g/mol. The van der Waals surface area contributed by atoms with E-state index >= 15 is 0 Å². The van der Waals surface area contributed by atoms with Crippen molar-refractivity contribution in [3.05, 3.63) is 24.2 Å². The lowest BCUT2D eigenvalue weighted by Gasteiger charge is -2.26.